The molecule has 2 heterocycles. The fraction of sp³-hybridized carbons (Fsp3) is 0.385. The van der Waals surface area contributed by atoms with Crippen molar-refractivity contribution >= 4 is 11.8 Å². The van der Waals surface area contributed by atoms with Gasteiger partial charge in [-0.05, 0) is 26.1 Å². The number of anilines is 1. The molecule has 174 valence electrons. The van der Waals surface area contributed by atoms with Crippen LogP contribution in [-0.2, 0) is 11.3 Å². The van der Waals surface area contributed by atoms with Gasteiger partial charge < -0.3 is 24.0 Å². The first-order valence-corrected chi connectivity index (χ1v) is 11.4. The third-order valence-corrected chi connectivity index (χ3v) is 6.07. The van der Waals surface area contributed by atoms with E-state index in [4.69, 9.17) is 9.26 Å². The van der Waals surface area contributed by atoms with Gasteiger partial charge in [-0.25, -0.2) is 0 Å². The number of benzene rings is 2. The lowest BCUT2D eigenvalue weighted by molar-refractivity contribution is 0.0680. The van der Waals surface area contributed by atoms with Crippen LogP contribution in [0.3, 0.4) is 0 Å². The number of carbonyl (C=O) groups excluding carboxylic acids is 1. The Morgan fingerprint density at radius 2 is 1.85 bits per heavy atom. The summed E-state index contributed by atoms with van der Waals surface area (Å²) in [7, 11) is 3.78. The fourth-order valence-corrected chi connectivity index (χ4v) is 4.13. The second kappa shape index (κ2) is 10.6. The highest BCUT2D eigenvalue weighted by Crippen LogP contribution is 2.33. The number of carbonyl (C=O) groups is 1. The normalized spacial score (nSPS) is 14.5. The van der Waals surface area contributed by atoms with E-state index in [0.29, 0.717) is 25.3 Å². The van der Waals surface area contributed by atoms with Crippen molar-refractivity contribution in [1.29, 1.82) is 0 Å². The SMILES string of the molecule is COCCN(Cc1c(-c2ccccc2)noc1N1CCN(C)CC1)C(=O)c1cccc(C)c1. The number of ether oxygens (including phenoxy) is 1. The average molecular weight is 449 g/mol. The van der Waals surface area contributed by atoms with E-state index in [9.17, 15) is 4.79 Å². The molecule has 1 saturated heterocycles. The molecule has 0 atom stereocenters. The molecule has 33 heavy (non-hydrogen) atoms. The van der Waals surface area contributed by atoms with Crippen LogP contribution in [0.5, 0.6) is 0 Å². The van der Waals surface area contributed by atoms with Gasteiger partial charge in [0.15, 0.2) is 0 Å². The van der Waals surface area contributed by atoms with Gasteiger partial charge in [-0.3, -0.25) is 4.79 Å². The van der Waals surface area contributed by atoms with E-state index < -0.39 is 0 Å². The zero-order chi connectivity index (χ0) is 23.2. The van der Waals surface area contributed by atoms with Gasteiger partial charge in [0.25, 0.3) is 5.91 Å². The summed E-state index contributed by atoms with van der Waals surface area (Å²) in [4.78, 5) is 19.9. The molecule has 2 aromatic carbocycles. The lowest BCUT2D eigenvalue weighted by Gasteiger charge is -2.33. The van der Waals surface area contributed by atoms with Gasteiger partial charge in [0, 0.05) is 51.0 Å². The largest absolute Gasteiger partial charge is 0.383 e. The van der Waals surface area contributed by atoms with Gasteiger partial charge in [0.2, 0.25) is 5.88 Å². The molecule has 4 rings (SSSR count). The molecule has 1 amide bonds. The van der Waals surface area contributed by atoms with E-state index in [0.717, 1.165) is 54.4 Å². The first-order valence-electron chi connectivity index (χ1n) is 11.4. The highest BCUT2D eigenvalue weighted by atomic mass is 16.5. The molecule has 7 nitrogen and oxygen atoms in total. The number of hydrogen-bond donors (Lipinski definition) is 0. The minimum absolute atomic E-state index is 0.0275. The minimum atomic E-state index is -0.0275. The van der Waals surface area contributed by atoms with Crippen molar-refractivity contribution in [3.05, 3.63) is 71.3 Å². The summed E-state index contributed by atoms with van der Waals surface area (Å²) < 4.78 is 11.2. The van der Waals surface area contributed by atoms with Crippen molar-refractivity contribution in [2.24, 2.45) is 0 Å². The smallest absolute Gasteiger partial charge is 0.254 e. The number of piperazine rings is 1. The summed E-state index contributed by atoms with van der Waals surface area (Å²) in [6, 6.07) is 17.7. The van der Waals surface area contributed by atoms with E-state index in [1.54, 1.807) is 7.11 Å². The number of nitrogens with zero attached hydrogens (tertiary/aromatic N) is 4. The number of likely N-dealkylation sites (N-methyl/N-ethyl adjacent to an activating group) is 1. The number of methoxy groups -OCH3 is 1. The lowest BCUT2D eigenvalue weighted by Crippen LogP contribution is -2.45. The quantitative estimate of drug-likeness (QED) is 0.524. The number of hydrogen-bond acceptors (Lipinski definition) is 6. The minimum Gasteiger partial charge on any atom is -0.383 e. The second-order valence-corrected chi connectivity index (χ2v) is 8.56. The third-order valence-electron chi connectivity index (χ3n) is 6.07. The third kappa shape index (κ3) is 5.43. The van der Waals surface area contributed by atoms with Gasteiger partial charge >= 0.3 is 0 Å². The van der Waals surface area contributed by atoms with E-state index in [1.807, 2.05) is 66.4 Å². The fourth-order valence-electron chi connectivity index (χ4n) is 4.13. The monoisotopic (exact) mass is 448 g/mol. The topological polar surface area (TPSA) is 62.1 Å². The maximum absolute atomic E-state index is 13.5. The van der Waals surface area contributed by atoms with Crippen molar-refractivity contribution in [1.82, 2.24) is 15.0 Å². The Morgan fingerprint density at radius 3 is 2.55 bits per heavy atom. The Morgan fingerprint density at radius 1 is 1.09 bits per heavy atom. The molecule has 1 aromatic heterocycles. The average Bonchev–Trinajstić information content (AvgIpc) is 3.25. The molecule has 0 spiro atoms. The molecule has 3 aromatic rings. The van der Waals surface area contributed by atoms with Crippen LogP contribution in [0.2, 0.25) is 0 Å². The maximum atomic E-state index is 13.5. The Labute approximate surface area is 195 Å². The molecule has 0 unspecified atom stereocenters. The van der Waals surface area contributed by atoms with Crippen molar-refractivity contribution in [2.75, 3.05) is 58.4 Å². The van der Waals surface area contributed by atoms with Crippen LogP contribution in [0.4, 0.5) is 5.88 Å². The molecule has 1 fully saturated rings. The van der Waals surface area contributed by atoms with Crippen LogP contribution in [0.15, 0.2) is 59.1 Å². The second-order valence-electron chi connectivity index (χ2n) is 8.56. The Bertz CT molecular complexity index is 1060. The molecule has 1 aliphatic heterocycles. The Kier molecular flexibility index (Phi) is 7.42. The highest BCUT2D eigenvalue weighted by molar-refractivity contribution is 5.94. The molecule has 7 heteroatoms. The summed E-state index contributed by atoms with van der Waals surface area (Å²) in [5.74, 6) is 0.724. The molecule has 0 N–H and O–H groups in total. The van der Waals surface area contributed by atoms with Crippen molar-refractivity contribution in [3.63, 3.8) is 0 Å². The number of amides is 1. The molecule has 0 aliphatic carbocycles. The predicted molar refractivity (Wildman–Crippen MR) is 129 cm³/mol. The van der Waals surface area contributed by atoms with E-state index in [2.05, 4.69) is 22.0 Å². The molecular weight excluding hydrogens is 416 g/mol. The first kappa shape index (κ1) is 23.0. The maximum Gasteiger partial charge on any atom is 0.254 e. The molecular formula is C26H32N4O3. The molecule has 0 saturated carbocycles. The Balaban J connectivity index is 1.70. The lowest BCUT2D eigenvalue weighted by atomic mass is 10.1. The van der Waals surface area contributed by atoms with Crippen LogP contribution in [0.1, 0.15) is 21.5 Å². The van der Waals surface area contributed by atoms with E-state index >= 15 is 0 Å². The zero-order valence-electron chi connectivity index (χ0n) is 19.7. The van der Waals surface area contributed by atoms with Crippen LogP contribution in [0, 0.1) is 6.92 Å². The van der Waals surface area contributed by atoms with Crippen molar-refractivity contribution < 1.29 is 14.1 Å². The van der Waals surface area contributed by atoms with Gasteiger partial charge in [-0.15, -0.1) is 0 Å². The van der Waals surface area contributed by atoms with Crippen molar-refractivity contribution in [2.45, 2.75) is 13.5 Å². The molecule has 0 bridgehead atoms. The number of rotatable bonds is 8. The predicted octanol–water partition coefficient (Wildman–Crippen LogP) is 3.69. The van der Waals surface area contributed by atoms with Gasteiger partial charge in [-0.2, -0.15) is 0 Å². The summed E-state index contributed by atoms with van der Waals surface area (Å²) in [5, 5.41) is 4.46. The van der Waals surface area contributed by atoms with E-state index in [1.165, 1.54) is 0 Å². The van der Waals surface area contributed by atoms with Crippen LogP contribution >= 0.6 is 0 Å². The number of aryl methyl sites for hydroxylation is 1. The van der Waals surface area contributed by atoms with Crippen LogP contribution in [0.25, 0.3) is 11.3 Å². The van der Waals surface area contributed by atoms with E-state index in [-0.39, 0.29) is 5.91 Å². The van der Waals surface area contributed by atoms with Gasteiger partial charge in [0.05, 0.1) is 18.7 Å². The summed E-state index contributed by atoms with van der Waals surface area (Å²) in [6.45, 7) is 6.94. The first-order chi connectivity index (χ1) is 16.1. The van der Waals surface area contributed by atoms with Crippen LogP contribution < -0.4 is 4.90 Å². The summed E-state index contributed by atoms with van der Waals surface area (Å²) in [5.41, 5.74) is 4.42. The number of aromatic nitrogens is 1. The Hall–Kier alpha value is -3.16. The zero-order valence-corrected chi connectivity index (χ0v) is 19.7. The molecule has 1 aliphatic rings. The molecule has 0 radical (unpaired) electrons. The van der Waals surface area contributed by atoms with Crippen LogP contribution in [-0.4, -0.2) is 74.4 Å². The van der Waals surface area contributed by atoms with Gasteiger partial charge in [-0.1, -0.05) is 53.2 Å². The van der Waals surface area contributed by atoms with Gasteiger partial charge in [0.1, 0.15) is 5.69 Å². The summed E-state index contributed by atoms with van der Waals surface area (Å²) >= 11 is 0. The van der Waals surface area contributed by atoms with Crippen molar-refractivity contribution in [3.8, 4) is 11.3 Å². The summed E-state index contributed by atoms with van der Waals surface area (Å²) in [6.07, 6.45) is 0. The standard InChI is InChI=1S/C26H32N4O3/c1-20-8-7-11-22(18-20)25(31)30(16-17-32-3)19-23-24(21-9-5-4-6-10-21)27-33-26(23)29-14-12-28(2)13-15-29/h4-11,18H,12-17,19H2,1-3H3. The highest BCUT2D eigenvalue weighted by Gasteiger charge is 2.28.